The molecule has 0 fully saturated rings. The summed E-state index contributed by atoms with van der Waals surface area (Å²) >= 11 is 1.45. The van der Waals surface area contributed by atoms with Gasteiger partial charge in [0.1, 0.15) is 0 Å². The highest BCUT2D eigenvalue weighted by atomic mass is 32.1. The van der Waals surface area contributed by atoms with Crippen molar-refractivity contribution >= 4 is 28.9 Å². The molecule has 160 valence electrons. The second-order valence-electron chi connectivity index (χ2n) is 6.71. The molecule has 0 saturated heterocycles. The van der Waals surface area contributed by atoms with Crippen LogP contribution in [0.5, 0.6) is 0 Å². The Labute approximate surface area is 182 Å². The first-order valence-corrected chi connectivity index (χ1v) is 10.1. The van der Waals surface area contributed by atoms with E-state index in [1.165, 1.54) is 22.3 Å². The Morgan fingerprint density at radius 1 is 1.23 bits per heavy atom. The molecular formula is C21H21N5O4S. The lowest BCUT2D eigenvalue weighted by molar-refractivity contribution is 0.0691. The van der Waals surface area contributed by atoms with Crippen LogP contribution < -0.4 is 5.73 Å². The van der Waals surface area contributed by atoms with Gasteiger partial charge in [-0.05, 0) is 32.0 Å². The van der Waals surface area contributed by atoms with Gasteiger partial charge in [0.25, 0.3) is 0 Å². The topological polar surface area (TPSA) is 137 Å². The van der Waals surface area contributed by atoms with Gasteiger partial charge in [-0.2, -0.15) is 9.90 Å². The van der Waals surface area contributed by atoms with Crippen molar-refractivity contribution in [3.8, 4) is 11.3 Å². The molecule has 10 heteroatoms. The maximum absolute atomic E-state index is 11.1. The summed E-state index contributed by atoms with van der Waals surface area (Å²) in [6.45, 7) is 5.67. The minimum atomic E-state index is -1.08. The zero-order valence-corrected chi connectivity index (χ0v) is 18.0. The summed E-state index contributed by atoms with van der Waals surface area (Å²) in [7, 11) is 0. The van der Waals surface area contributed by atoms with E-state index in [9.17, 15) is 9.59 Å². The second-order valence-corrected chi connectivity index (χ2v) is 7.88. The minimum absolute atomic E-state index is 0.0388. The van der Waals surface area contributed by atoms with Gasteiger partial charge in [0.15, 0.2) is 28.9 Å². The van der Waals surface area contributed by atoms with Crippen molar-refractivity contribution < 1.29 is 19.1 Å². The molecule has 3 aromatic heterocycles. The first-order chi connectivity index (χ1) is 14.7. The van der Waals surface area contributed by atoms with Crippen LogP contribution in [0.3, 0.4) is 0 Å². The monoisotopic (exact) mass is 439 g/mol. The average molecular weight is 439 g/mol. The lowest BCUT2D eigenvalue weighted by atomic mass is 10.1. The number of thiophene rings is 1. The molecule has 3 heterocycles. The molecule has 0 aliphatic carbocycles. The van der Waals surface area contributed by atoms with E-state index in [1.807, 2.05) is 37.3 Å². The highest BCUT2D eigenvalue weighted by Gasteiger charge is 2.19. The smallest absolute Gasteiger partial charge is 0.358 e. The van der Waals surface area contributed by atoms with Gasteiger partial charge in [-0.25, -0.2) is 9.78 Å². The molecule has 1 aromatic carbocycles. The highest BCUT2D eigenvalue weighted by molar-refractivity contribution is 7.14. The van der Waals surface area contributed by atoms with Gasteiger partial charge in [-0.15, -0.1) is 16.4 Å². The van der Waals surface area contributed by atoms with Crippen LogP contribution in [0, 0.1) is 13.8 Å². The summed E-state index contributed by atoms with van der Waals surface area (Å²) < 4.78 is 5.33. The number of carboxylic acid groups (broad SMARTS) is 1. The summed E-state index contributed by atoms with van der Waals surface area (Å²) in [6, 6.07) is 11.2. The Morgan fingerprint density at radius 3 is 2.58 bits per heavy atom. The third kappa shape index (κ3) is 5.64. The molecule has 0 atom stereocenters. The van der Waals surface area contributed by atoms with Gasteiger partial charge in [-0.3, -0.25) is 4.79 Å². The van der Waals surface area contributed by atoms with Gasteiger partial charge in [0.2, 0.25) is 0 Å². The number of carboxylic acids is 1. The third-order valence-corrected chi connectivity index (χ3v) is 5.25. The summed E-state index contributed by atoms with van der Waals surface area (Å²) in [6.07, 6.45) is 1.50. The number of nitrogens with zero attached hydrogens (tertiary/aromatic N) is 4. The molecule has 0 radical (unpaired) electrons. The molecule has 0 amide bonds. The number of aromatic carboxylic acids is 1. The maximum Gasteiger partial charge on any atom is 0.358 e. The number of ketones is 1. The number of hydrogen-bond donors (Lipinski definition) is 2. The Balaban J connectivity index is 0.000000176. The predicted molar refractivity (Wildman–Crippen MR) is 116 cm³/mol. The molecular weight excluding hydrogens is 418 g/mol. The molecule has 0 spiro atoms. The second kappa shape index (κ2) is 9.35. The Kier molecular flexibility index (Phi) is 6.61. The number of carbonyl (C=O) groups is 2. The van der Waals surface area contributed by atoms with Crippen molar-refractivity contribution in [1.29, 1.82) is 0 Å². The number of nitrogens with two attached hydrogens (primary N) is 1. The van der Waals surface area contributed by atoms with Crippen LogP contribution in [0.15, 0.2) is 47.0 Å². The first kappa shape index (κ1) is 21.9. The van der Waals surface area contributed by atoms with Crippen LogP contribution in [0.25, 0.3) is 11.3 Å². The number of nitrogen functional groups attached to an aromatic ring is 1. The number of anilines is 1. The van der Waals surface area contributed by atoms with Gasteiger partial charge >= 0.3 is 5.97 Å². The zero-order valence-electron chi connectivity index (χ0n) is 17.2. The number of carbonyl (C=O) groups excluding carboxylic acids is 1. The van der Waals surface area contributed by atoms with Crippen molar-refractivity contribution in [3.63, 3.8) is 0 Å². The minimum Gasteiger partial charge on any atom is -0.476 e. The largest absolute Gasteiger partial charge is 0.476 e. The summed E-state index contributed by atoms with van der Waals surface area (Å²) in [5.41, 5.74) is 7.18. The zero-order chi connectivity index (χ0) is 22.5. The summed E-state index contributed by atoms with van der Waals surface area (Å²) in [4.78, 5) is 29.2. The number of benzene rings is 1. The van der Waals surface area contributed by atoms with Gasteiger partial charge in [0.05, 0.1) is 17.6 Å². The summed E-state index contributed by atoms with van der Waals surface area (Å²) in [5.74, 6) is 0.0773. The third-order valence-electron chi connectivity index (χ3n) is 4.08. The molecule has 31 heavy (non-hydrogen) atoms. The van der Waals surface area contributed by atoms with Gasteiger partial charge in [-0.1, -0.05) is 23.8 Å². The number of rotatable bonds is 5. The molecule has 0 aliphatic heterocycles. The Morgan fingerprint density at radius 2 is 2.00 bits per heavy atom. The van der Waals surface area contributed by atoms with Crippen LogP contribution >= 0.6 is 11.3 Å². The van der Waals surface area contributed by atoms with E-state index in [-0.39, 0.29) is 11.5 Å². The van der Waals surface area contributed by atoms with Crippen LogP contribution in [0.4, 0.5) is 5.82 Å². The van der Waals surface area contributed by atoms with Crippen LogP contribution in [0.2, 0.25) is 0 Å². The fourth-order valence-electron chi connectivity index (χ4n) is 2.73. The number of aromatic nitrogens is 4. The average Bonchev–Trinajstić information content (AvgIpc) is 3.43. The number of Topliss-reactive ketones (excluding diaryl/α,β-unsaturated/α-hetero) is 1. The van der Waals surface area contributed by atoms with Crippen molar-refractivity contribution in [2.24, 2.45) is 0 Å². The van der Waals surface area contributed by atoms with E-state index >= 15 is 0 Å². The first-order valence-electron chi connectivity index (χ1n) is 9.26. The fourth-order valence-corrected chi connectivity index (χ4v) is 3.61. The predicted octanol–water partition coefficient (Wildman–Crippen LogP) is 3.83. The van der Waals surface area contributed by atoms with Crippen LogP contribution in [0.1, 0.15) is 43.4 Å². The summed E-state index contributed by atoms with van der Waals surface area (Å²) in [5, 5.41) is 16.9. The standard InChI is InChI=1S/C12H11NO3.C9H10N4OS/c1-7-4-3-5-9(6-7)11-10(12(14)15)13-8(2)16-11;1-6(14)8-3-2-7(15-8)5-13-11-4-9(10)12-13/h3-6H,1-2H3,(H,14,15);2-4H,5H2,1H3,(H2,10,12). The van der Waals surface area contributed by atoms with E-state index in [1.54, 1.807) is 19.9 Å². The number of oxazole rings is 1. The molecule has 0 aliphatic rings. The van der Waals surface area contributed by atoms with E-state index in [2.05, 4.69) is 15.2 Å². The quantitative estimate of drug-likeness (QED) is 0.448. The molecule has 9 nitrogen and oxygen atoms in total. The maximum atomic E-state index is 11.1. The molecule has 0 saturated carbocycles. The Bertz CT molecular complexity index is 1220. The van der Waals surface area contributed by atoms with Gasteiger partial charge in [0, 0.05) is 17.4 Å². The lowest BCUT2D eigenvalue weighted by Gasteiger charge is -1.99. The number of aryl methyl sites for hydroxylation is 2. The van der Waals surface area contributed by atoms with E-state index in [0.717, 1.165) is 20.9 Å². The SMILES string of the molecule is CC(=O)c1ccc(Cn2ncc(N)n2)s1.Cc1cccc(-c2oc(C)nc2C(=O)O)c1. The fraction of sp³-hybridized carbons (Fsp3) is 0.190. The molecule has 3 N–H and O–H groups in total. The van der Waals surface area contributed by atoms with Gasteiger partial charge < -0.3 is 15.3 Å². The van der Waals surface area contributed by atoms with E-state index < -0.39 is 5.97 Å². The van der Waals surface area contributed by atoms with Crippen molar-refractivity contribution in [3.05, 3.63) is 69.5 Å². The van der Waals surface area contributed by atoms with Crippen molar-refractivity contribution in [2.45, 2.75) is 27.3 Å². The molecule has 4 rings (SSSR count). The lowest BCUT2D eigenvalue weighted by Crippen LogP contribution is -2.02. The van der Waals surface area contributed by atoms with E-state index in [0.29, 0.717) is 24.0 Å². The highest BCUT2D eigenvalue weighted by Crippen LogP contribution is 2.25. The van der Waals surface area contributed by atoms with Crippen LogP contribution in [-0.2, 0) is 6.54 Å². The number of hydrogen-bond acceptors (Lipinski definition) is 8. The molecule has 4 aromatic rings. The molecule has 0 unspecified atom stereocenters. The van der Waals surface area contributed by atoms with Crippen molar-refractivity contribution in [2.75, 3.05) is 5.73 Å². The molecule has 0 bridgehead atoms. The van der Waals surface area contributed by atoms with E-state index in [4.69, 9.17) is 15.3 Å². The van der Waals surface area contributed by atoms with Crippen molar-refractivity contribution in [1.82, 2.24) is 20.0 Å². The van der Waals surface area contributed by atoms with Crippen LogP contribution in [-0.4, -0.2) is 36.8 Å². The Hall–Kier alpha value is -3.79. The normalized spacial score (nSPS) is 10.4.